The van der Waals surface area contributed by atoms with Crippen LogP contribution >= 0.6 is 0 Å². The zero-order valence-electron chi connectivity index (χ0n) is 14.7. The molecule has 3 heteroatoms. The standard InChI is InChI=1S/C23H23NO2/c25-23(24-17-15-19-9-3-1-4-10-19)21-13-7-8-14-22(21)26-18-16-20-11-5-2-6-12-20/h1-14H,15-18H2,(H,24,25). The van der Waals surface area contributed by atoms with Gasteiger partial charge in [-0.3, -0.25) is 4.79 Å². The summed E-state index contributed by atoms with van der Waals surface area (Å²) in [6.45, 7) is 1.14. The molecular formula is C23H23NO2. The average molecular weight is 345 g/mol. The summed E-state index contributed by atoms with van der Waals surface area (Å²) in [6, 6.07) is 27.7. The van der Waals surface area contributed by atoms with Crippen molar-refractivity contribution in [2.45, 2.75) is 12.8 Å². The van der Waals surface area contributed by atoms with E-state index in [0.29, 0.717) is 24.5 Å². The Balaban J connectivity index is 1.53. The van der Waals surface area contributed by atoms with Gasteiger partial charge in [0.1, 0.15) is 5.75 Å². The molecule has 1 amide bonds. The summed E-state index contributed by atoms with van der Waals surface area (Å²) in [5.41, 5.74) is 3.01. The molecule has 3 aromatic carbocycles. The maximum absolute atomic E-state index is 12.5. The SMILES string of the molecule is O=C(NCCc1ccccc1)c1ccccc1OCCc1ccccc1. The van der Waals surface area contributed by atoms with Crippen LogP contribution in [0.15, 0.2) is 84.9 Å². The lowest BCUT2D eigenvalue weighted by Gasteiger charge is -2.12. The molecule has 3 nitrogen and oxygen atoms in total. The molecule has 3 rings (SSSR count). The van der Waals surface area contributed by atoms with E-state index in [9.17, 15) is 4.79 Å². The topological polar surface area (TPSA) is 38.3 Å². The van der Waals surface area contributed by atoms with Gasteiger partial charge in [-0.25, -0.2) is 0 Å². The molecule has 0 aliphatic heterocycles. The second kappa shape index (κ2) is 9.42. The van der Waals surface area contributed by atoms with Gasteiger partial charge in [-0.15, -0.1) is 0 Å². The molecule has 0 atom stereocenters. The van der Waals surface area contributed by atoms with Crippen molar-refractivity contribution in [3.63, 3.8) is 0 Å². The molecule has 0 aliphatic rings. The number of rotatable bonds is 8. The Kier molecular flexibility index (Phi) is 6.43. The number of carbonyl (C=O) groups is 1. The van der Waals surface area contributed by atoms with Gasteiger partial charge < -0.3 is 10.1 Å². The minimum Gasteiger partial charge on any atom is -0.492 e. The molecule has 0 fully saturated rings. The lowest BCUT2D eigenvalue weighted by atomic mass is 10.1. The summed E-state index contributed by atoms with van der Waals surface area (Å²) < 4.78 is 5.87. The predicted molar refractivity (Wildman–Crippen MR) is 105 cm³/mol. The van der Waals surface area contributed by atoms with E-state index in [1.54, 1.807) is 6.07 Å². The highest BCUT2D eigenvalue weighted by Gasteiger charge is 2.11. The lowest BCUT2D eigenvalue weighted by Crippen LogP contribution is -2.26. The van der Waals surface area contributed by atoms with Gasteiger partial charge in [0.25, 0.3) is 5.91 Å². The average Bonchev–Trinajstić information content (AvgIpc) is 2.70. The minimum atomic E-state index is -0.101. The first kappa shape index (κ1) is 17.7. The first-order valence-electron chi connectivity index (χ1n) is 8.91. The summed E-state index contributed by atoms with van der Waals surface area (Å²) in [5, 5.41) is 2.98. The first-order chi connectivity index (χ1) is 12.8. The highest BCUT2D eigenvalue weighted by Crippen LogP contribution is 2.18. The maximum Gasteiger partial charge on any atom is 0.255 e. The molecule has 0 saturated carbocycles. The van der Waals surface area contributed by atoms with Gasteiger partial charge in [-0.2, -0.15) is 0 Å². The fourth-order valence-corrected chi connectivity index (χ4v) is 2.76. The normalized spacial score (nSPS) is 10.3. The van der Waals surface area contributed by atoms with E-state index >= 15 is 0 Å². The second-order valence-electron chi connectivity index (χ2n) is 6.07. The van der Waals surface area contributed by atoms with Crippen molar-refractivity contribution < 1.29 is 9.53 Å². The number of para-hydroxylation sites is 1. The van der Waals surface area contributed by atoms with E-state index in [-0.39, 0.29) is 5.91 Å². The van der Waals surface area contributed by atoms with Gasteiger partial charge >= 0.3 is 0 Å². The highest BCUT2D eigenvalue weighted by molar-refractivity contribution is 5.96. The van der Waals surface area contributed by atoms with Crippen molar-refractivity contribution >= 4 is 5.91 Å². The van der Waals surface area contributed by atoms with Crippen LogP contribution in [0.1, 0.15) is 21.5 Å². The number of hydrogen-bond donors (Lipinski definition) is 1. The van der Waals surface area contributed by atoms with E-state index in [4.69, 9.17) is 4.74 Å². The number of benzene rings is 3. The van der Waals surface area contributed by atoms with Crippen molar-refractivity contribution in [3.8, 4) is 5.75 Å². The fraction of sp³-hybridized carbons (Fsp3) is 0.174. The molecule has 132 valence electrons. The minimum absolute atomic E-state index is 0.101. The molecule has 0 bridgehead atoms. The zero-order valence-corrected chi connectivity index (χ0v) is 14.7. The van der Waals surface area contributed by atoms with Crippen molar-refractivity contribution in [1.29, 1.82) is 0 Å². The van der Waals surface area contributed by atoms with E-state index < -0.39 is 0 Å². The van der Waals surface area contributed by atoms with Gasteiger partial charge in [0.05, 0.1) is 12.2 Å². The van der Waals surface area contributed by atoms with Crippen LogP contribution in [0.5, 0.6) is 5.75 Å². The number of nitrogens with one attached hydrogen (secondary N) is 1. The Labute approximate surface area is 154 Å². The maximum atomic E-state index is 12.5. The van der Waals surface area contributed by atoms with Gasteiger partial charge in [0, 0.05) is 13.0 Å². The third kappa shape index (κ3) is 5.21. The van der Waals surface area contributed by atoms with Crippen LogP contribution in [-0.2, 0) is 12.8 Å². The molecule has 26 heavy (non-hydrogen) atoms. The molecule has 0 heterocycles. The third-order valence-corrected chi connectivity index (χ3v) is 4.16. The third-order valence-electron chi connectivity index (χ3n) is 4.16. The van der Waals surface area contributed by atoms with Crippen molar-refractivity contribution in [1.82, 2.24) is 5.32 Å². The lowest BCUT2D eigenvalue weighted by molar-refractivity contribution is 0.0950. The van der Waals surface area contributed by atoms with Crippen LogP contribution in [0, 0.1) is 0 Å². The summed E-state index contributed by atoms with van der Waals surface area (Å²) >= 11 is 0. The zero-order chi connectivity index (χ0) is 18.0. The van der Waals surface area contributed by atoms with Gasteiger partial charge in [-0.1, -0.05) is 72.8 Å². The molecule has 0 saturated heterocycles. The van der Waals surface area contributed by atoms with Crippen LogP contribution in [0.25, 0.3) is 0 Å². The monoisotopic (exact) mass is 345 g/mol. The van der Waals surface area contributed by atoms with E-state index in [1.807, 2.05) is 54.6 Å². The second-order valence-corrected chi connectivity index (χ2v) is 6.07. The predicted octanol–water partition coefficient (Wildman–Crippen LogP) is 4.28. The summed E-state index contributed by atoms with van der Waals surface area (Å²) in [4.78, 5) is 12.5. The molecule has 0 unspecified atom stereocenters. The van der Waals surface area contributed by atoms with Crippen LogP contribution in [0.2, 0.25) is 0 Å². The van der Waals surface area contributed by atoms with Crippen LogP contribution in [0.3, 0.4) is 0 Å². The van der Waals surface area contributed by atoms with E-state index in [2.05, 4.69) is 29.6 Å². The van der Waals surface area contributed by atoms with Gasteiger partial charge in [-0.05, 0) is 29.7 Å². The molecule has 1 N–H and O–H groups in total. The van der Waals surface area contributed by atoms with Crippen LogP contribution in [0.4, 0.5) is 0 Å². The smallest absolute Gasteiger partial charge is 0.255 e. The Morgan fingerprint density at radius 2 is 1.31 bits per heavy atom. The van der Waals surface area contributed by atoms with Crippen LogP contribution in [-0.4, -0.2) is 19.1 Å². The number of hydrogen-bond acceptors (Lipinski definition) is 2. The summed E-state index contributed by atoms with van der Waals surface area (Å²) in [6.07, 6.45) is 1.62. The molecule has 0 aliphatic carbocycles. The highest BCUT2D eigenvalue weighted by atomic mass is 16.5. The van der Waals surface area contributed by atoms with Gasteiger partial charge in [0.15, 0.2) is 0 Å². The molecule has 3 aromatic rings. The molecule has 0 aromatic heterocycles. The summed E-state index contributed by atoms with van der Waals surface area (Å²) in [7, 11) is 0. The van der Waals surface area contributed by atoms with Gasteiger partial charge in [0.2, 0.25) is 0 Å². The number of carbonyl (C=O) groups excluding carboxylic acids is 1. The largest absolute Gasteiger partial charge is 0.492 e. The fourth-order valence-electron chi connectivity index (χ4n) is 2.76. The van der Waals surface area contributed by atoms with E-state index in [1.165, 1.54) is 11.1 Å². The first-order valence-corrected chi connectivity index (χ1v) is 8.91. The Morgan fingerprint density at radius 1 is 0.731 bits per heavy atom. The van der Waals surface area contributed by atoms with Crippen molar-refractivity contribution in [2.75, 3.05) is 13.2 Å². The number of ether oxygens (including phenoxy) is 1. The number of amides is 1. The molecule has 0 spiro atoms. The Morgan fingerprint density at radius 3 is 2.00 bits per heavy atom. The Bertz CT molecular complexity index is 816. The van der Waals surface area contributed by atoms with Crippen molar-refractivity contribution in [3.05, 3.63) is 102 Å². The van der Waals surface area contributed by atoms with Crippen LogP contribution < -0.4 is 10.1 Å². The molecular weight excluding hydrogens is 322 g/mol. The van der Waals surface area contributed by atoms with Crippen molar-refractivity contribution in [2.24, 2.45) is 0 Å². The quantitative estimate of drug-likeness (QED) is 0.662. The Hall–Kier alpha value is -3.07. The summed E-state index contributed by atoms with van der Waals surface area (Å²) in [5.74, 6) is 0.525. The van der Waals surface area contributed by atoms with E-state index in [0.717, 1.165) is 12.8 Å². The molecule has 0 radical (unpaired) electrons.